The van der Waals surface area contributed by atoms with Gasteiger partial charge in [-0.25, -0.2) is 0 Å². The van der Waals surface area contributed by atoms with Gasteiger partial charge >= 0.3 is 11.9 Å². The van der Waals surface area contributed by atoms with Gasteiger partial charge in [-0.05, 0) is 38.5 Å². The van der Waals surface area contributed by atoms with Gasteiger partial charge in [-0.2, -0.15) is 0 Å². The molecule has 5 heteroatoms. The molecule has 0 spiro atoms. The van der Waals surface area contributed by atoms with E-state index < -0.39 is 6.10 Å². The molecule has 0 radical (unpaired) electrons. The molecule has 0 aromatic heterocycles. The van der Waals surface area contributed by atoms with Crippen LogP contribution in [0.3, 0.4) is 0 Å². The molecular formula is C65H126O5. The summed E-state index contributed by atoms with van der Waals surface area (Å²) in [7, 11) is 0. The number of rotatable bonds is 61. The number of carbonyl (C=O) groups excluding carboxylic acids is 2. The van der Waals surface area contributed by atoms with Gasteiger partial charge in [-0.1, -0.05) is 334 Å². The Morgan fingerprint density at radius 1 is 0.314 bits per heavy atom. The second-order valence-corrected chi connectivity index (χ2v) is 22.2. The van der Waals surface area contributed by atoms with Crippen LogP contribution >= 0.6 is 0 Å². The topological polar surface area (TPSA) is 72.8 Å². The van der Waals surface area contributed by atoms with E-state index in [0.29, 0.717) is 12.8 Å². The molecule has 70 heavy (non-hydrogen) atoms. The first-order chi connectivity index (χ1) is 34.6. The smallest absolute Gasteiger partial charge is 0.306 e. The third-order valence-electron chi connectivity index (χ3n) is 15.1. The lowest BCUT2D eigenvalue weighted by Gasteiger charge is -2.15. The number of hydrogen-bond donors (Lipinski definition) is 1. The Morgan fingerprint density at radius 2 is 0.529 bits per heavy atom. The minimum atomic E-state index is -0.765. The third-order valence-corrected chi connectivity index (χ3v) is 15.1. The van der Waals surface area contributed by atoms with Crippen LogP contribution in [0.15, 0.2) is 12.2 Å². The van der Waals surface area contributed by atoms with Gasteiger partial charge in [0.25, 0.3) is 0 Å². The molecule has 416 valence electrons. The summed E-state index contributed by atoms with van der Waals surface area (Å²) in [6.45, 7) is 4.20. The van der Waals surface area contributed by atoms with E-state index in [1.54, 1.807) is 0 Å². The Labute approximate surface area is 439 Å². The maximum atomic E-state index is 12.3. The van der Waals surface area contributed by atoms with Crippen molar-refractivity contribution in [2.75, 3.05) is 13.2 Å². The number of aliphatic hydroxyl groups excluding tert-OH is 1. The van der Waals surface area contributed by atoms with Crippen LogP contribution in [0.4, 0.5) is 0 Å². The number of unbranched alkanes of at least 4 members (excludes halogenated alkanes) is 51. The van der Waals surface area contributed by atoms with E-state index in [1.807, 2.05) is 0 Å². The summed E-state index contributed by atoms with van der Waals surface area (Å²) in [4.78, 5) is 24.5. The fourth-order valence-corrected chi connectivity index (χ4v) is 10.2. The molecule has 0 heterocycles. The molecule has 1 atom stereocenters. The van der Waals surface area contributed by atoms with Gasteiger partial charge in [0.2, 0.25) is 0 Å². The second kappa shape index (κ2) is 61.9. The Bertz CT molecular complexity index is 1030. The number of aliphatic hydroxyl groups is 1. The molecule has 0 aromatic carbocycles. The van der Waals surface area contributed by atoms with Gasteiger partial charge in [0.15, 0.2) is 6.10 Å². The van der Waals surface area contributed by atoms with Crippen molar-refractivity contribution in [2.24, 2.45) is 0 Å². The number of allylic oxidation sites excluding steroid dienone is 2. The SMILES string of the molecule is CCCCCCCCCC/C=C\CCCCCCCCCCCCCCCCCCCCCCCCCCCCCCCC(=O)OC(CO)COC(=O)CCCCCCCCCCCCCCCCC. The van der Waals surface area contributed by atoms with E-state index >= 15 is 0 Å². The summed E-state index contributed by atoms with van der Waals surface area (Å²) in [5.41, 5.74) is 0. The molecule has 1 unspecified atom stereocenters. The minimum Gasteiger partial charge on any atom is -0.462 e. The van der Waals surface area contributed by atoms with Crippen LogP contribution in [0.5, 0.6) is 0 Å². The summed E-state index contributed by atoms with van der Waals surface area (Å²) in [6.07, 6.45) is 78.2. The van der Waals surface area contributed by atoms with E-state index in [1.165, 1.54) is 315 Å². The maximum Gasteiger partial charge on any atom is 0.306 e. The van der Waals surface area contributed by atoms with Crippen LogP contribution in [-0.2, 0) is 19.1 Å². The highest BCUT2D eigenvalue weighted by Gasteiger charge is 2.16. The molecule has 0 saturated carbocycles. The van der Waals surface area contributed by atoms with Crippen LogP contribution in [0.25, 0.3) is 0 Å². The summed E-state index contributed by atoms with van der Waals surface area (Å²) >= 11 is 0. The lowest BCUT2D eigenvalue weighted by Crippen LogP contribution is -2.28. The molecular weight excluding hydrogens is 861 g/mol. The monoisotopic (exact) mass is 987 g/mol. The largest absolute Gasteiger partial charge is 0.462 e. The fourth-order valence-electron chi connectivity index (χ4n) is 10.2. The summed E-state index contributed by atoms with van der Waals surface area (Å²) in [5.74, 6) is -0.566. The van der Waals surface area contributed by atoms with Crippen molar-refractivity contribution in [3.05, 3.63) is 12.2 Å². The number of ether oxygens (including phenoxy) is 2. The van der Waals surface area contributed by atoms with E-state index in [2.05, 4.69) is 26.0 Å². The number of hydrogen-bond acceptors (Lipinski definition) is 5. The molecule has 1 N–H and O–H groups in total. The first kappa shape index (κ1) is 68.6. The van der Waals surface area contributed by atoms with Gasteiger partial charge in [0.1, 0.15) is 6.61 Å². The van der Waals surface area contributed by atoms with Crippen molar-refractivity contribution in [1.29, 1.82) is 0 Å². The van der Waals surface area contributed by atoms with Crippen LogP contribution in [0, 0.1) is 0 Å². The van der Waals surface area contributed by atoms with Gasteiger partial charge in [-0.15, -0.1) is 0 Å². The molecule has 0 fully saturated rings. The maximum absolute atomic E-state index is 12.3. The van der Waals surface area contributed by atoms with Crippen molar-refractivity contribution in [2.45, 2.75) is 380 Å². The van der Waals surface area contributed by atoms with Crippen molar-refractivity contribution < 1.29 is 24.2 Å². The van der Waals surface area contributed by atoms with Crippen LogP contribution in [-0.4, -0.2) is 36.4 Å². The average Bonchev–Trinajstić information content (AvgIpc) is 3.36. The Balaban J connectivity index is 3.32. The van der Waals surface area contributed by atoms with Gasteiger partial charge in [-0.3, -0.25) is 9.59 Å². The highest BCUT2D eigenvalue weighted by atomic mass is 16.6. The molecule has 0 aliphatic rings. The van der Waals surface area contributed by atoms with Crippen molar-refractivity contribution in [1.82, 2.24) is 0 Å². The quantitative estimate of drug-likeness (QED) is 0.0373. The Morgan fingerprint density at radius 3 is 0.771 bits per heavy atom. The number of esters is 2. The predicted octanol–water partition coefficient (Wildman–Crippen LogP) is 21.9. The Hall–Kier alpha value is -1.36. The summed E-state index contributed by atoms with van der Waals surface area (Å²) in [6, 6.07) is 0. The summed E-state index contributed by atoms with van der Waals surface area (Å²) < 4.78 is 10.7. The van der Waals surface area contributed by atoms with E-state index in [9.17, 15) is 14.7 Å². The molecule has 0 amide bonds. The molecule has 5 nitrogen and oxygen atoms in total. The highest BCUT2D eigenvalue weighted by molar-refractivity contribution is 5.70. The van der Waals surface area contributed by atoms with E-state index in [0.717, 1.165) is 32.1 Å². The lowest BCUT2D eigenvalue weighted by atomic mass is 10.0. The fraction of sp³-hybridized carbons (Fsp3) is 0.938. The minimum absolute atomic E-state index is 0.0567. The first-order valence-electron chi connectivity index (χ1n) is 32.2. The molecule has 0 aromatic rings. The van der Waals surface area contributed by atoms with E-state index in [-0.39, 0.29) is 25.2 Å². The van der Waals surface area contributed by atoms with Crippen molar-refractivity contribution >= 4 is 11.9 Å². The van der Waals surface area contributed by atoms with Crippen LogP contribution in [0.1, 0.15) is 373 Å². The molecule has 0 aliphatic heterocycles. The van der Waals surface area contributed by atoms with Gasteiger partial charge in [0, 0.05) is 12.8 Å². The van der Waals surface area contributed by atoms with Crippen LogP contribution in [0.2, 0.25) is 0 Å². The van der Waals surface area contributed by atoms with Crippen LogP contribution < -0.4 is 0 Å². The standard InChI is InChI=1S/C65H126O5/c1-3-5-7-9-11-13-15-17-19-20-21-22-23-24-25-26-27-28-29-30-31-32-33-34-35-36-37-38-39-40-41-42-43-44-46-48-50-52-54-56-58-60-65(68)70-63(61-66)62-69-64(67)59-57-55-53-51-49-47-45-18-16-14-12-10-8-6-4-2/h20-21,63,66H,3-19,22-62H2,1-2H3/b21-20-. The third kappa shape index (κ3) is 59.2. The van der Waals surface area contributed by atoms with Crippen molar-refractivity contribution in [3.8, 4) is 0 Å². The van der Waals surface area contributed by atoms with Gasteiger partial charge in [0.05, 0.1) is 6.61 Å². The zero-order valence-electron chi connectivity index (χ0n) is 47.8. The lowest BCUT2D eigenvalue weighted by molar-refractivity contribution is -0.161. The van der Waals surface area contributed by atoms with E-state index in [4.69, 9.17) is 9.47 Å². The molecule has 0 rings (SSSR count). The first-order valence-corrected chi connectivity index (χ1v) is 32.2. The second-order valence-electron chi connectivity index (χ2n) is 22.2. The Kier molecular flexibility index (Phi) is 60.7. The molecule has 0 bridgehead atoms. The zero-order valence-corrected chi connectivity index (χ0v) is 47.8. The molecule has 0 aliphatic carbocycles. The molecule has 0 saturated heterocycles. The zero-order chi connectivity index (χ0) is 50.6. The normalized spacial score (nSPS) is 12.1. The highest BCUT2D eigenvalue weighted by Crippen LogP contribution is 2.19. The summed E-state index contributed by atoms with van der Waals surface area (Å²) in [5, 5.41) is 9.65. The average molecular weight is 988 g/mol. The predicted molar refractivity (Wildman–Crippen MR) is 307 cm³/mol. The van der Waals surface area contributed by atoms with Gasteiger partial charge < -0.3 is 14.6 Å². The van der Waals surface area contributed by atoms with Crippen molar-refractivity contribution in [3.63, 3.8) is 0 Å². The number of carbonyl (C=O) groups is 2.